The van der Waals surface area contributed by atoms with E-state index in [-0.39, 0.29) is 0 Å². The van der Waals surface area contributed by atoms with Gasteiger partial charge in [-0.05, 0) is 0 Å². The molecule has 0 saturated carbocycles. The second kappa shape index (κ2) is 6.94. The Hall–Kier alpha value is -3.03. The van der Waals surface area contributed by atoms with Gasteiger partial charge in [0.05, 0.1) is 12.0 Å². The van der Waals surface area contributed by atoms with Gasteiger partial charge < -0.3 is 34.7 Å². The van der Waals surface area contributed by atoms with Gasteiger partial charge in [-0.15, -0.1) is 0 Å². The van der Waals surface area contributed by atoms with Crippen molar-refractivity contribution in [3.8, 4) is 0 Å². The van der Waals surface area contributed by atoms with Gasteiger partial charge in [0.25, 0.3) is 5.70 Å². The van der Waals surface area contributed by atoms with Crippen LogP contribution < -0.4 is 0 Å². The molecule has 0 aromatic carbocycles. The minimum absolute atomic E-state index is 0.485. The van der Waals surface area contributed by atoms with Gasteiger partial charge in [-0.1, -0.05) is 0 Å². The van der Waals surface area contributed by atoms with Crippen molar-refractivity contribution in [1.82, 2.24) is 0 Å². The second-order valence-corrected chi connectivity index (χ2v) is 7.49. The summed E-state index contributed by atoms with van der Waals surface area (Å²) in [6.45, 7) is 0. The summed E-state index contributed by atoms with van der Waals surface area (Å²) < 4.78 is 72.2. The smallest absolute Gasteiger partial charge is 0.351 e. The van der Waals surface area contributed by atoms with Crippen molar-refractivity contribution in [3.05, 3.63) is 42.2 Å². The summed E-state index contributed by atoms with van der Waals surface area (Å²) in [6.07, 6.45) is 0. The fourth-order valence-corrected chi connectivity index (χ4v) is 4.33. The van der Waals surface area contributed by atoms with Crippen LogP contribution in [0.1, 0.15) is 0 Å². The average Bonchev–Trinajstić information content (AvgIpc) is 2.48. The molecule has 0 N–H and O–H groups in total. The SMILES string of the molecule is COC(=O)C1=C([N+](=O)[O-])[C@H](S(=O)(=O)[O-])C(=[N+]([O-])[O-])[C@@H](S(=O)(=O)[O-])C1=[N+]([O-])[O-]. The third-order valence-corrected chi connectivity index (χ3v) is 5.20. The highest BCUT2D eigenvalue weighted by atomic mass is 32.2. The predicted molar refractivity (Wildman–Crippen MR) is 77.0 cm³/mol. The molecule has 1 aliphatic carbocycles. The summed E-state index contributed by atoms with van der Waals surface area (Å²) in [5.74, 6) is -2.07. The van der Waals surface area contributed by atoms with Crippen LogP contribution in [0.2, 0.25) is 0 Å². The number of carbonyl (C=O) groups is 1. The van der Waals surface area contributed by atoms with Crippen LogP contribution in [-0.2, 0) is 29.8 Å². The summed E-state index contributed by atoms with van der Waals surface area (Å²) in [7, 11) is -11.9. The van der Waals surface area contributed by atoms with Crippen LogP contribution in [-0.4, -0.2) is 75.7 Å². The fraction of sp³-hybridized carbons (Fsp3) is 0.375. The van der Waals surface area contributed by atoms with Crippen LogP contribution in [0.5, 0.6) is 0 Å². The molecule has 152 valence electrons. The first kappa shape index (κ1) is 22.0. The van der Waals surface area contributed by atoms with Crippen molar-refractivity contribution in [2.75, 3.05) is 7.11 Å². The number of nitro groups is 1. The topological polar surface area (TPSA) is 282 Å². The second-order valence-electron chi connectivity index (χ2n) is 4.58. The molecule has 19 heteroatoms. The molecule has 0 spiro atoms. The zero-order valence-electron chi connectivity index (χ0n) is 12.5. The molecule has 0 fully saturated rings. The Morgan fingerprint density at radius 3 is 1.63 bits per heavy atom. The lowest BCUT2D eigenvalue weighted by Gasteiger charge is -2.31. The highest BCUT2D eigenvalue weighted by Gasteiger charge is 2.60. The standard InChI is InChI=1S/C8H7N3O14S2/c1-25-8(12)2-3(9(13)14)6(26(19,20)21)5(11(17)18)7(27(22,23)24)4(2)10(15)16/h6-7H,1H3,(H2-2,13,14,17,18,19,20,21,22,23,24)/q-2/p-2/t6-,7-/m0/s1. The molecule has 0 aliphatic heterocycles. The van der Waals surface area contributed by atoms with E-state index in [1.807, 2.05) is 0 Å². The van der Waals surface area contributed by atoms with E-state index in [9.17, 15) is 61.7 Å². The quantitative estimate of drug-likeness (QED) is 0.137. The summed E-state index contributed by atoms with van der Waals surface area (Å²) in [5, 5.41) is 48.6. The van der Waals surface area contributed by atoms with Crippen molar-refractivity contribution in [2.45, 2.75) is 10.5 Å². The van der Waals surface area contributed by atoms with Crippen LogP contribution >= 0.6 is 0 Å². The maximum absolute atomic E-state index is 11.7. The molecule has 0 bridgehead atoms. The average molecular weight is 431 g/mol. The minimum Gasteiger partial charge on any atom is -0.747 e. The molecule has 0 unspecified atom stereocenters. The van der Waals surface area contributed by atoms with E-state index in [4.69, 9.17) is 0 Å². The van der Waals surface area contributed by atoms with Crippen molar-refractivity contribution in [2.24, 2.45) is 0 Å². The Morgan fingerprint density at radius 1 is 0.926 bits per heavy atom. The number of carbonyl (C=O) groups excluding carboxylic acids is 1. The molecule has 1 aliphatic rings. The normalized spacial score (nSPS) is 21.0. The molecule has 0 aromatic heterocycles. The van der Waals surface area contributed by atoms with Crippen LogP contribution in [0.4, 0.5) is 0 Å². The zero-order chi connectivity index (χ0) is 21.5. The van der Waals surface area contributed by atoms with Gasteiger partial charge in [0, 0.05) is 0 Å². The third kappa shape index (κ3) is 3.89. The summed E-state index contributed by atoms with van der Waals surface area (Å²) in [4.78, 5) is 17.3. The Labute approximate surface area is 148 Å². The minimum atomic E-state index is -6.21. The number of methoxy groups -OCH3 is 1. The monoisotopic (exact) mass is 431 g/mol. The summed E-state index contributed by atoms with van der Waals surface area (Å²) >= 11 is 0. The van der Waals surface area contributed by atoms with E-state index in [1.54, 1.807) is 0 Å². The van der Waals surface area contributed by atoms with Crippen molar-refractivity contribution < 1.29 is 50.2 Å². The van der Waals surface area contributed by atoms with Crippen molar-refractivity contribution >= 4 is 37.6 Å². The van der Waals surface area contributed by atoms with Gasteiger partial charge in [0.15, 0.2) is 0 Å². The molecule has 0 aromatic rings. The van der Waals surface area contributed by atoms with Gasteiger partial charge >= 0.3 is 5.97 Å². The highest BCUT2D eigenvalue weighted by molar-refractivity contribution is 7.89. The summed E-state index contributed by atoms with van der Waals surface area (Å²) in [6, 6.07) is 0. The number of hydrogen-bond acceptors (Lipinski definition) is 14. The number of nitrogens with zero attached hydrogens (tertiary/aromatic N) is 3. The summed E-state index contributed by atoms with van der Waals surface area (Å²) in [5.41, 5.74) is -8.72. The predicted octanol–water partition coefficient (Wildman–Crippen LogP) is -3.57. The first-order valence-corrected chi connectivity index (χ1v) is 8.90. The first-order chi connectivity index (χ1) is 12.1. The molecular formula is C8H5N3O14S2-4. The number of ether oxygens (including phenoxy) is 1. The van der Waals surface area contributed by atoms with Gasteiger partial charge in [-0.2, -0.15) is 9.80 Å². The van der Waals surface area contributed by atoms with E-state index in [0.29, 0.717) is 7.11 Å². The Kier molecular flexibility index (Phi) is 5.66. The maximum atomic E-state index is 11.7. The lowest BCUT2D eigenvalue weighted by Crippen LogP contribution is -2.57. The van der Waals surface area contributed by atoms with Gasteiger partial charge in [0.2, 0.25) is 27.5 Å². The molecule has 0 saturated heterocycles. The number of rotatable bonds is 4. The van der Waals surface area contributed by atoms with Crippen molar-refractivity contribution in [3.63, 3.8) is 0 Å². The number of hydrogen-bond donors (Lipinski definition) is 0. The van der Waals surface area contributed by atoms with Crippen LogP contribution in [0.25, 0.3) is 0 Å². The molecule has 1 rings (SSSR count). The third-order valence-electron chi connectivity index (χ3n) is 3.12. The van der Waals surface area contributed by atoms with Crippen LogP contribution in [0.3, 0.4) is 0 Å². The van der Waals surface area contributed by atoms with Gasteiger partial charge in [0.1, 0.15) is 20.2 Å². The fourth-order valence-electron chi connectivity index (χ4n) is 2.26. The zero-order valence-corrected chi connectivity index (χ0v) is 14.2. The molecule has 0 heterocycles. The van der Waals surface area contributed by atoms with E-state index < -0.39 is 74.1 Å². The highest BCUT2D eigenvalue weighted by Crippen LogP contribution is 2.31. The molecular weight excluding hydrogens is 426 g/mol. The van der Waals surface area contributed by atoms with Crippen LogP contribution in [0.15, 0.2) is 11.3 Å². The lowest BCUT2D eigenvalue weighted by molar-refractivity contribution is -0.430. The first-order valence-electron chi connectivity index (χ1n) is 5.96. The van der Waals surface area contributed by atoms with Crippen LogP contribution in [0, 0.1) is 30.9 Å². The Morgan fingerprint density at radius 2 is 1.37 bits per heavy atom. The largest absolute Gasteiger partial charge is 0.747 e. The van der Waals surface area contributed by atoms with E-state index in [1.165, 1.54) is 0 Å². The lowest BCUT2D eigenvalue weighted by atomic mass is 9.91. The Balaban J connectivity index is 4.44. The van der Waals surface area contributed by atoms with E-state index >= 15 is 0 Å². The van der Waals surface area contributed by atoms with Gasteiger partial charge in [-0.25, -0.2) is 21.6 Å². The molecule has 0 amide bonds. The maximum Gasteiger partial charge on any atom is 0.351 e. The molecule has 0 radical (unpaired) electrons. The number of esters is 1. The molecule has 27 heavy (non-hydrogen) atoms. The Bertz CT molecular complexity index is 995. The van der Waals surface area contributed by atoms with Crippen molar-refractivity contribution in [1.29, 1.82) is 0 Å². The van der Waals surface area contributed by atoms with E-state index in [0.717, 1.165) is 0 Å². The molecule has 2 atom stereocenters. The van der Waals surface area contributed by atoms with E-state index in [2.05, 4.69) is 4.74 Å². The van der Waals surface area contributed by atoms with Gasteiger partial charge in [-0.3, -0.25) is 10.1 Å². The molecule has 17 nitrogen and oxygen atoms in total.